The standard InChI is InChI=1S/C17H20O2S2/c1-13-8-10-15(11-9-13)21-16(17(18)19)7-3-2-5-14-6-4-12-20-14/h4,6,8-12,16H,2-3,5,7H2,1H3,(H,18,19). The minimum atomic E-state index is -0.711. The SMILES string of the molecule is Cc1ccc(SC(CCCCc2cccs2)C(=O)O)cc1. The van der Waals surface area contributed by atoms with Crippen LogP contribution in [0.4, 0.5) is 0 Å². The first kappa shape index (κ1) is 16.1. The van der Waals surface area contributed by atoms with Crippen molar-refractivity contribution in [3.05, 3.63) is 52.2 Å². The molecule has 0 spiro atoms. The van der Waals surface area contributed by atoms with Crippen molar-refractivity contribution in [3.63, 3.8) is 0 Å². The van der Waals surface area contributed by atoms with E-state index in [1.165, 1.54) is 22.2 Å². The van der Waals surface area contributed by atoms with Gasteiger partial charge in [0, 0.05) is 9.77 Å². The summed E-state index contributed by atoms with van der Waals surface area (Å²) >= 11 is 3.23. The largest absolute Gasteiger partial charge is 0.480 e. The molecule has 112 valence electrons. The quantitative estimate of drug-likeness (QED) is 0.548. The third-order valence-electron chi connectivity index (χ3n) is 3.29. The summed E-state index contributed by atoms with van der Waals surface area (Å²) in [5, 5.41) is 11.1. The fourth-order valence-corrected chi connectivity index (χ4v) is 3.86. The summed E-state index contributed by atoms with van der Waals surface area (Å²) < 4.78 is 0. The van der Waals surface area contributed by atoms with E-state index in [-0.39, 0.29) is 5.25 Å². The molecule has 1 aromatic carbocycles. The Hall–Kier alpha value is -1.26. The van der Waals surface area contributed by atoms with Gasteiger partial charge in [0.1, 0.15) is 5.25 Å². The van der Waals surface area contributed by atoms with Crippen molar-refractivity contribution in [3.8, 4) is 0 Å². The molecule has 1 aromatic heterocycles. The van der Waals surface area contributed by atoms with Gasteiger partial charge < -0.3 is 5.11 Å². The first-order valence-electron chi connectivity index (χ1n) is 7.13. The molecule has 2 aromatic rings. The first-order chi connectivity index (χ1) is 10.1. The van der Waals surface area contributed by atoms with Crippen LogP contribution in [-0.2, 0) is 11.2 Å². The predicted octanol–water partition coefficient (Wildman–Crippen LogP) is 5.01. The lowest BCUT2D eigenvalue weighted by Gasteiger charge is -2.12. The maximum Gasteiger partial charge on any atom is 0.316 e. The first-order valence-corrected chi connectivity index (χ1v) is 8.89. The van der Waals surface area contributed by atoms with E-state index in [1.807, 2.05) is 31.2 Å². The number of carboxylic acids is 1. The van der Waals surface area contributed by atoms with Gasteiger partial charge in [0.15, 0.2) is 0 Å². The van der Waals surface area contributed by atoms with Crippen molar-refractivity contribution in [2.24, 2.45) is 0 Å². The summed E-state index contributed by atoms with van der Waals surface area (Å²) in [6.07, 6.45) is 3.78. The molecule has 4 heteroatoms. The number of thiophene rings is 1. The van der Waals surface area contributed by atoms with Crippen molar-refractivity contribution < 1.29 is 9.90 Å². The Balaban J connectivity index is 1.79. The summed E-state index contributed by atoms with van der Waals surface area (Å²) in [7, 11) is 0. The van der Waals surface area contributed by atoms with Gasteiger partial charge in [-0.25, -0.2) is 0 Å². The van der Waals surface area contributed by atoms with Gasteiger partial charge in [0.05, 0.1) is 0 Å². The maximum absolute atomic E-state index is 11.4. The fraction of sp³-hybridized carbons (Fsp3) is 0.353. The molecule has 0 amide bonds. The van der Waals surface area contributed by atoms with Gasteiger partial charge in [-0.2, -0.15) is 0 Å². The molecule has 0 saturated carbocycles. The van der Waals surface area contributed by atoms with Crippen molar-refractivity contribution in [1.82, 2.24) is 0 Å². The highest BCUT2D eigenvalue weighted by atomic mass is 32.2. The second kappa shape index (κ2) is 8.25. The summed E-state index contributed by atoms with van der Waals surface area (Å²) in [5.41, 5.74) is 1.20. The molecule has 2 nitrogen and oxygen atoms in total. The Morgan fingerprint density at radius 1 is 1.24 bits per heavy atom. The molecule has 1 N–H and O–H groups in total. The molecule has 1 unspecified atom stereocenters. The summed E-state index contributed by atoms with van der Waals surface area (Å²) in [6.45, 7) is 2.04. The summed E-state index contributed by atoms with van der Waals surface area (Å²) in [4.78, 5) is 13.8. The Morgan fingerprint density at radius 3 is 2.62 bits per heavy atom. The monoisotopic (exact) mass is 320 g/mol. The number of hydrogen-bond donors (Lipinski definition) is 1. The zero-order valence-electron chi connectivity index (χ0n) is 12.1. The van der Waals surface area contributed by atoms with Crippen LogP contribution in [0.2, 0.25) is 0 Å². The normalized spacial score (nSPS) is 12.2. The highest BCUT2D eigenvalue weighted by molar-refractivity contribution is 8.00. The van der Waals surface area contributed by atoms with Crippen molar-refractivity contribution in [2.75, 3.05) is 0 Å². The number of benzene rings is 1. The number of thioether (sulfide) groups is 1. The van der Waals surface area contributed by atoms with E-state index in [4.69, 9.17) is 0 Å². The van der Waals surface area contributed by atoms with Crippen LogP contribution in [0.3, 0.4) is 0 Å². The molecular formula is C17H20O2S2. The topological polar surface area (TPSA) is 37.3 Å². The number of carbonyl (C=O) groups is 1. The molecule has 0 saturated heterocycles. The van der Waals surface area contributed by atoms with Gasteiger partial charge in [-0.05, 0) is 49.8 Å². The lowest BCUT2D eigenvalue weighted by atomic mass is 10.1. The number of aryl methyl sites for hydroxylation is 2. The van der Waals surface area contributed by atoms with Crippen LogP contribution < -0.4 is 0 Å². The molecule has 0 aliphatic carbocycles. The number of aliphatic carboxylic acids is 1. The highest BCUT2D eigenvalue weighted by Crippen LogP contribution is 2.27. The minimum absolute atomic E-state index is 0.351. The second-order valence-electron chi connectivity index (χ2n) is 5.08. The van der Waals surface area contributed by atoms with E-state index in [2.05, 4.69) is 17.5 Å². The van der Waals surface area contributed by atoms with Crippen molar-refractivity contribution in [1.29, 1.82) is 0 Å². The molecule has 0 radical (unpaired) electrons. The van der Waals surface area contributed by atoms with Gasteiger partial charge in [-0.15, -0.1) is 23.1 Å². The number of hydrogen-bond acceptors (Lipinski definition) is 3. The third kappa shape index (κ3) is 5.56. The third-order valence-corrected chi connectivity index (χ3v) is 5.50. The molecule has 21 heavy (non-hydrogen) atoms. The number of rotatable bonds is 8. The molecule has 2 rings (SSSR count). The van der Waals surface area contributed by atoms with Crippen LogP contribution >= 0.6 is 23.1 Å². The molecule has 0 bridgehead atoms. The lowest BCUT2D eigenvalue weighted by molar-refractivity contribution is -0.136. The van der Waals surface area contributed by atoms with Gasteiger partial charge in [0.25, 0.3) is 0 Å². The van der Waals surface area contributed by atoms with Gasteiger partial charge >= 0.3 is 5.97 Å². The number of unbranched alkanes of at least 4 members (excludes halogenated alkanes) is 1. The molecule has 1 heterocycles. The lowest BCUT2D eigenvalue weighted by Crippen LogP contribution is -2.16. The molecule has 0 fully saturated rings. The van der Waals surface area contributed by atoms with E-state index in [9.17, 15) is 9.90 Å². The summed E-state index contributed by atoms with van der Waals surface area (Å²) in [5.74, 6) is -0.711. The van der Waals surface area contributed by atoms with Crippen LogP contribution in [0.1, 0.15) is 29.7 Å². The highest BCUT2D eigenvalue weighted by Gasteiger charge is 2.18. The van der Waals surface area contributed by atoms with E-state index in [0.29, 0.717) is 0 Å². The Morgan fingerprint density at radius 2 is 2.00 bits per heavy atom. The Bertz CT molecular complexity index is 547. The van der Waals surface area contributed by atoms with Crippen LogP contribution in [0, 0.1) is 6.92 Å². The average Bonchev–Trinajstić information content (AvgIpc) is 2.97. The fourth-order valence-electron chi connectivity index (χ4n) is 2.10. The van der Waals surface area contributed by atoms with Crippen molar-refractivity contribution >= 4 is 29.1 Å². The van der Waals surface area contributed by atoms with Gasteiger partial charge in [-0.1, -0.05) is 30.2 Å². The van der Waals surface area contributed by atoms with Crippen LogP contribution in [-0.4, -0.2) is 16.3 Å². The summed E-state index contributed by atoms with van der Waals surface area (Å²) in [6, 6.07) is 12.3. The molecule has 0 aliphatic rings. The van der Waals surface area contributed by atoms with E-state index < -0.39 is 5.97 Å². The zero-order chi connectivity index (χ0) is 15.1. The average molecular weight is 320 g/mol. The Labute approximate surface area is 134 Å². The molecular weight excluding hydrogens is 300 g/mol. The minimum Gasteiger partial charge on any atom is -0.480 e. The van der Waals surface area contributed by atoms with E-state index in [1.54, 1.807) is 11.3 Å². The molecule has 0 aliphatic heterocycles. The van der Waals surface area contributed by atoms with Gasteiger partial charge in [-0.3, -0.25) is 4.79 Å². The zero-order valence-corrected chi connectivity index (χ0v) is 13.8. The Kier molecular flexibility index (Phi) is 6.33. The van der Waals surface area contributed by atoms with Crippen LogP contribution in [0.5, 0.6) is 0 Å². The van der Waals surface area contributed by atoms with Gasteiger partial charge in [0.2, 0.25) is 0 Å². The predicted molar refractivity (Wildman–Crippen MR) is 90.3 cm³/mol. The number of carboxylic acid groups (broad SMARTS) is 1. The van der Waals surface area contributed by atoms with Crippen LogP contribution in [0.15, 0.2) is 46.7 Å². The van der Waals surface area contributed by atoms with E-state index >= 15 is 0 Å². The second-order valence-corrected chi connectivity index (χ2v) is 7.39. The van der Waals surface area contributed by atoms with E-state index in [0.717, 1.165) is 30.6 Å². The molecule has 1 atom stereocenters. The van der Waals surface area contributed by atoms with Crippen molar-refractivity contribution in [2.45, 2.75) is 42.8 Å². The maximum atomic E-state index is 11.4. The smallest absolute Gasteiger partial charge is 0.316 e. The van der Waals surface area contributed by atoms with Crippen LogP contribution in [0.25, 0.3) is 0 Å².